The molecule has 3 rings (SSSR count). The summed E-state index contributed by atoms with van der Waals surface area (Å²) in [6, 6.07) is 13.6. The Morgan fingerprint density at radius 3 is 2.10 bits per heavy atom. The molecule has 0 atom stereocenters. The van der Waals surface area contributed by atoms with Crippen molar-refractivity contribution in [2.24, 2.45) is 0 Å². The maximum Gasteiger partial charge on any atom is 0.289 e. The monoisotopic (exact) mass is 453 g/mol. The number of rotatable bonds is 8. The van der Waals surface area contributed by atoms with Crippen LogP contribution in [0.3, 0.4) is 0 Å². The topological polar surface area (TPSA) is 118 Å². The summed E-state index contributed by atoms with van der Waals surface area (Å²) in [7, 11) is -7.31. The van der Waals surface area contributed by atoms with E-state index in [4.69, 9.17) is 0 Å². The highest BCUT2D eigenvalue weighted by molar-refractivity contribution is 7.91. The Labute approximate surface area is 176 Å². The molecule has 0 aromatic heterocycles. The van der Waals surface area contributed by atoms with Gasteiger partial charge in [0.1, 0.15) is 0 Å². The van der Waals surface area contributed by atoms with Crippen LogP contribution in [0.5, 0.6) is 0 Å². The van der Waals surface area contributed by atoms with Crippen molar-refractivity contribution in [2.75, 3.05) is 38.5 Å². The van der Waals surface area contributed by atoms with Gasteiger partial charge in [-0.1, -0.05) is 30.3 Å². The Morgan fingerprint density at radius 2 is 1.47 bits per heavy atom. The van der Waals surface area contributed by atoms with E-state index in [1.54, 1.807) is 30.3 Å². The van der Waals surface area contributed by atoms with E-state index in [9.17, 15) is 26.9 Å². The number of piperazine rings is 1. The van der Waals surface area contributed by atoms with Crippen molar-refractivity contribution in [1.82, 2.24) is 9.21 Å². The van der Waals surface area contributed by atoms with Crippen molar-refractivity contribution < 1.29 is 21.8 Å². The molecule has 1 saturated heterocycles. The molecular formula is C19H23N3O6S2. The van der Waals surface area contributed by atoms with Gasteiger partial charge in [0.15, 0.2) is 14.7 Å². The van der Waals surface area contributed by atoms with Crippen molar-refractivity contribution in [1.29, 1.82) is 0 Å². The molecule has 0 spiro atoms. The lowest BCUT2D eigenvalue weighted by atomic mass is 10.3. The zero-order valence-electron chi connectivity index (χ0n) is 16.3. The van der Waals surface area contributed by atoms with E-state index in [1.807, 2.05) is 4.90 Å². The second-order valence-electron chi connectivity index (χ2n) is 6.96. The Morgan fingerprint density at radius 1 is 0.867 bits per heavy atom. The fourth-order valence-corrected chi connectivity index (χ4v) is 6.28. The maximum atomic E-state index is 12.8. The maximum absolute atomic E-state index is 12.8. The Kier molecular flexibility index (Phi) is 6.86. The summed E-state index contributed by atoms with van der Waals surface area (Å²) < 4.78 is 51.6. The number of sulfone groups is 1. The number of hydrogen-bond donors (Lipinski definition) is 0. The molecule has 1 fully saturated rings. The summed E-state index contributed by atoms with van der Waals surface area (Å²) in [4.78, 5) is 12.5. The largest absolute Gasteiger partial charge is 0.301 e. The van der Waals surface area contributed by atoms with Crippen molar-refractivity contribution in [3.8, 4) is 0 Å². The number of nitro benzene ring substituents is 1. The molecule has 0 aliphatic carbocycles. The first-order valence-corrected chi connectivity index (χ1v) is 12.5. The van der Waals surface area contributed by atoms with Gasteiger partial charge in [-0.25, -0.2) is 16.8 Å². The minimum Gasteiger partial charge on any atom is -0.301 e. The first-order chi connectivity index (χ1) is 14.2. The van der Waals surface area contributed by atoms with E-state index in [1.165, 1.54) is 28.6 Å². The average Bonchev–Trinajstić information content (AvgIpc) is 2.74. The predicted octanol–water partition coefficient (Wildman–Crippen LogP) is 1.77. The van der Waals surface area contributed by atoms with Crippen molar-refractivity contribution in [2.45, 2.75) is 16.2 Å². The van der Waals surface area contributed by atoms with E-state index >= 15 is 0 Å². The van der Waals surface area contributed by atoms with Crippen LogP contribution in [0.1, 0.15) is 6.42 Å². The predicted molar refractivity (Wildman–Crippen MR) is 111 cm³/mol. The number of para-hydroxylation sites is 1. The average molecular weight is 454 g/mol. The second-order valence-corrected chi connectivity index (χ2v) is 11.0. The quantitative estimate of drug-likeness (QED) is 0.441. The Balaban J connectivity index is 1.56. The van der Waals surface area contributed by atoms with Gasteiger partial charge in [0.05, 0.1) is 15.6 Å². The van der Waals surface area contributed by atoms with Gasteiger partial charge < -0.3 is 4.90 Å². The minimum atomic E-state index is -3.97. The van der Waals surface area contributed by atoms with Crippen LogP contribution in [0.2, 0.25) is 0 Å². The van der Waals surface area contributed by atoms with Crippen LogP contribution in [0.25, 0.3) is 0 Å². The van der Waals surface area contributed by atoms with Crippen LogP contribution < -0.4 is 0 Å². The summed E-state index contributed by atoms with van der Waals surface area (Å²) in [6.07, 6.45) is 0.439. The van der Waals surface area contributed by atoms with Gasteiger partial charge in [0.25, 0.3) is 5.69 Å². The van der Waals surface area contributed by atoms with Gasteiger partial charge in [0.2, 0.25) is 10.0 Å². The third kappa shape index (κ3) is 5.04. The summed E-state index contributed by atoms with van der Waals surface area (Å²) in [5.41, 5.74) is -0.439. The highest BCUT2D eigenvalue weighted by atomic mass is 32.2. The number of hydrogen-bond acceptors (Lipinski definition) is 7. The lowest BCUT2D eigenvalue weighted by Gasteiger charge is -2.33. The first kappa shape index (κ1) is 22.3. The summed E-state index contributed by atoms with van der Waals surface area (Å²) in [5, 5.41) is 11.2. The zero-order valence-corrected chi connectivity index (χ0v) is 17.9. The number of sulfonamides is 1. The van der Waals surface area contributed by atoms with E-state index in [0.29, 0.717) is 31.0 Å². The van der Waals surface area contributed by atoms with Crippen molar-refractivity contribution >= 4 is 25.5 Å². The van der Waals surface area contributed by atoms with E-state index in [0.717, 1.165) is 0 Å². The van der Waals surface area contributed by atoms with Crippen LogP contribution in [0.4, 0.5) is 5.69 Å². The summed E-state index contributed by atoms with van der Waals surface area (Å²) in [6.45, 7) is 1.79. The van der Waals surface area contributed by atoms with Crippen LogP contribution in [0, 0.1) is 10.1 Å². The fourth-order valence-electron chi connectivity index (χ4n) is 3.38. The zero-order chi connectivity index (χ0) is 21.8. The standard InChI is InChI=1S/C19H23N3O6S2/c23-22(24)18-9-4-5-10-19(18)30(27,28)21-14-12-20(13-15-21)11-6-16-29(25,26)17-7-2-1-3-8-17/h1-5,7-10H,6,11-16H2. The third-order valence-corrected chi connectivity index (χ3v) is 8.76. The second kappa shape index (κ2) is 9.21. The molecule has 0 unspecified atom stereocenters. The molecule has 2 aromatic carbocycles. The number of benzene rings is 2. The number of nitrogens with zero attached hydrogens (tertiary/aromatic N) is 3. The third-order valence-electron chi connectivity index (χ3n) is 5.00. The first-order valence-electron chi connectivity index (χ1n) is 9.45. The van der Waals surface area contributed by atoms with E-state index < -0.39 is 30.5 Å². The molecule has 0 bridgehead atoms. The molecule has 0 radical (unpaired) electrons. The van der Waals surface area contributed by atoms with Crippen molar-refractivity contribution in [3.63, 3.8) is 0 Å². The van der Waals surface area contributed by atoms with Gasteiger partial charge in [0, 0.05) is 32.2 Å². The summed E-state index contributed by atoms with van der Waals surface area (Å²) >= 11 is 0. The molecule has 0 amide bonds. The van der Waals surface area contributed by atoms with E-state index in [-0.39, 0.29) is 23.7 Å². The SMILES string of the molecule is O=[N+]([O-])c1ccccc1S(=O)(=O)N1CCN(CCCS(=O)(=O)c2ccccc2)CC1. The van der Waals surface area contributed by atoms with Crippen molar-refractivity contribution in [3.05, 3.63) is 64.7 Å². The summed E-state index contributed by atoms with van der Waals surface area (Å²) in [5.74, 6) is 0.0196. The van der Waals surface area contributed by atoms with Crippen LogP contribution in [-0.4, -0.2) is 69.4 Å². The number of nitro groups is 1. The van der Waals surface area contributed by atoms with Gasteiger partial charge >= 0.3 is 0 Å². The minimum absolute atomic E-state index is 0.0196. The Bertz CT molecular complexity index is 1100. The van der Waals surface area contributed by atoms with E-state index in [2.05, 4.69) is 0 Å². The smallest absolute Gasteiger partial charge is 0.289 e. The van der Waals surface area contributed by atoms with Gasteiger partial charge in [-0.2, -0.15) is 4.31 Å². The molecule has 0 saturated carbocycles. The molecule has 1 aliphatic heterocycles. The molecule has 1 heterocycles. The molecular weight excluding hydrogens is 430 g/mol. The molecule has 30 heavy (non-hydrogen) atoms. The fraction of sp³-hybridized carbons (Fsp3) is 0.368. The molecule has 9 nitrogen and oxygen atoms in total. The molecule has 1 aliphatic rings. The normalized spacial score (nSPS) is 16.4. The molecule has 11 heteroatoms. The molecule has 0 N–H and O–H groups in total. The lowest BCUT2D eigenvalue weighted by molar-refractivity contribution is -0.387. The Hall–Kier alpha value is -2.34. The van der Waals surface area contributed by atoms with Crippen LogP contribution >= 0.6 is 0 Å². The van der Waals surface area contributed by atoms with Gasteiger partial charge in [-0.15, -0.1) is 0 Å². The van der Waals surface area contributed by atoms with Crippen LogP contribution in [-0.2, 0) is 19.9 Å². The molecule has 162 valence electrons. The lowest BCUT2D eigenvalue weighted by Crippen LogP contribution is -2.48. The molecule has 2 aromatic rings. The van der Waals surface area contributed by atoms with Gasteiger partial charge in [-0.3, -0.25) is 10.1 Å². The highest BCUT2D eigenvalue weighted by Gasteiger charge is 2.33. The van der Waals surface area contributed by atoms with Gasteiger partial charge in [-0.05, 0) is 31.2 Å². The van der Waals surface area contributed by atoms with Crippen LogP contribution in [0.15, 0.2) is 64.4 Å². The highest BCUT2D eigenvalue weighted by Crippen LogP contribution is 2.27.